The molecule has 0 radical (unpaired) electrons. The van der Waals surface area contributed by atoms with Gasteiger partial charge in [0.1, 0.15) is 0 Å². The summed E-state index contributed by atoms with van der Waals surface area (Å²) in [5, 5.41) is 11.8. The maximum absolute atomic E-state index is 9.67. The number of hydrogen-bond donors (Lipinski definition) is 1. The Morgan fingerprint density at radius 2 is 2.40 bits per heavy atom. The highest BCUT2D eigenvalue weighted by molar-refractivity contribution is 4.83. The predicted octanol–water partition coefficient (Wildman–Crippen LogP) is 1.87. The minimum absolute atomic E-state index is 0.225. The Morgan fingerprint density at radius 1 is 1.53 bits per heavy atom. The molecular formula is C12H21NO2. The van der Waals surface area contributed by atoms with E-state index >= 15 is 0 Å². The van der Waals surface area contributed by atoms with Crippen molar-refractivity contribution in [2.45, 2.75) is 56.8 Å². The van der Waals surface area contributed by atoms with Crippen LogP contribution in [0.3, 0.4) is 0 Å². The lowest BCUT2D eigenvalue weighted by Crippen LogP contribution is -2.33. The molecule has 15 heavy (non-hydrogen) atoms. The molecule has 0 spiro atoms. The molecule has 0 amide bonds. The minimum atomic E-state index is -0.283. The topological polar surface area (TPSA) is 32.7 Å². The Balaban J connectivity index is 1.78. The van der Waals surface area contributed by atoms with E-state index in [1.807, 2.05) is 0 Å². The average Bonchev–Trinajstić information content (AvgIpc) is 2.59. The second-order valence-electron chi connectivity index (χ2n) is 4.67. The smallest absolute Gasteiger partial charge is 0.0833 e. The zero-order valence-electron chi connectivity index (χ0n) is 9.27. The number of nitrogens with zero attached hydrogens (tertiary/aromatic N) is 1. The van der Waals surface area contributed by atoms with Crippen molar-refractivity contribution in [3.63, 3.8) is 0 Å². The number of hydrogen-bond acceptors (Lipinski definition) is 3. The number of aliphatic hydroxyl groups excluding tert-OH is 1. The first-order valence-corrected chi connectivity index (χ1v) is 6.02. The third kappa shape index (κ3) is 2.80. The molecule has 3 unspecified atom stereocenters. The van der Waals surface area contributed by atoms with Crippen LogP contribution in [-0.4, -0.2) is 35.0 Å². The van der Waals surface area contributed by atoms with Gasteiger partial charge in [0, 0.05) is 19.0 Å². The zero-order valence-corrected chi connectivity index (χ0v) is 9.27. The van der Waals surface area contributed by atoms with Gasteiger partial charge >= 0.3 is 0 Å². The fourth-order valence-electron chi connectivity index (χ4n) is 2.62. The summed E-state index contributed by atoms with van der Waals surface area (Å²) in [7, 11) is 0. The Morgan fingerprint density at radius 3 is 3.13 bits per heavy atom. The van der Waals surface area contributed by atoms with Gasteiger partial charge in [-0.3, -0.25) is 4.84 Å². The third-order valence-corrected chi connectivity index (χ3v) is 3.37. The van der Waals surface area contributed by atoms with Gasteiger partial charge in [0.05, 0.1) is 12.2 Å². The summed E-state index contributed by atoms with van der Waals surface area (Å²) in [6.07, 6.45) is 8.06. The monoisotopic (exact) mass is 211 g/mol. The van der Waals surface area contributed by atoms with E-state index < -0.39 is 0 Å². The van der Waals surface area contributed by atoms with Gasteiger partial charge in [0.15, 0.2) is 0 Å². The highest BCUT2D eigenvalue weighted by atomic mass is 16.7. The molecule has 3 atom stereocenters. The molecular weight excluding hydrogens is 190 g/mol. The van der Waals surface area contributed by atoms with Gasteiger partial charge in [-0.25, -0.2) is 0 Å². The maximum Gasteiger partial charge on any atom is 0.0833 e. The predicted molar refractivity (Wildman–Crippen MR) is 59.3 cm³/mol. The van der Waals surface area contributed by atoms with Crippen molar-refractivity contribution in [2.24, 2.45) is 0 Å². The van der Waals surface area contributed by atoms with Crippen molar-refractivity contribution < 1.29 is 9.94 Å². The van der Waals surface area contributed by atoms with Crippen LogP contribution < -0.4 is 0 Å². The maximum atomic E-state index is 9.67. The van der Waals surface area contributed by atoms with E-state index in [2.05, 4.69) is 11.6 Å². The number of rotatable bonds is 4. The summed E-state index contributed by atoms with van der Waals surface area (Å²) in [6, 6.07) is 0.611. The summed E-state index contributed by atoms with van der Waals surface area (Å²) in [5.41, 5.74) is 0. The van der Waals surface area contributed by atoms with Crippen molar-refractivity contribution in [3.8, 4) is 0 Å². The standard InChI is InChI=1S/C12H21NO2/c1-2-5-11(14)9-12-8-10-6-3-4-7-13(10)15-12/h2,10-12,14H,1,3-9H2. The van der Waals surface area contributed by atoms with E-state index in [4.69, 9.17) is 4.84 Å². The van der Waals surface area contributed by atoms with E-state index in [9.17, 15) is 5.11 Å². The lowest BCUT2D eigenvalue weighted by molar-refractivity contribution is -0.176. The fraction of sp³-hybridized carbons (Fsp3) is 0.833. The minimum Gasteiger partial charge on any atom is -0.393 e. The Hall–Kier alpha value is -0.380. The molecule has 2 fully saturated rings. The molecule has 2 heterocycles. The van der Waals surface area contributed by atoms with Gasteiger partial charge in [-0.2, -0.15) is 5.06 Å². The molecule has 0 saturated carbocycles. The van der Waals surface area contributed by atoms with Crippen LogP contribution in [0, 0.1) is 0 Å². The summed E-state index contributed by atoms with van der Waals surface area (Å²) in [6.45, 7) is 4.70. The van der Waals surface area contributed by atoms with E-state index in [-0.39, 0.29) is 12.2 Å². The van der Waals surface area contributed by atoms with E-state index in [0.717, 1.165) is 19.4 Å². The Bertz CT molecular complexity index is 206. The molecule has 3 heteroatoms. The van der Waals surface area contributed by atoms with Crippen LogP contribution in [0.2, 0.25) is 0 Å². The SMILES string of the molecule is C=CCC(O)CC1CC2CCCCN2O1. The molecule has 0 aromatic rings. The second kappa shape index (κ2) is 5.10. The van der Waals surface area contributed by atoms with Crippen molar-refractivity contribution in [1.29, 1.82) is 0 Å². The van der Waals surface area contributed by atoms with E-state index in [0.29, 0.717) is 12.5 Å². The largest absolute Gasteiger partial charge is 0.393 e. The first-order chi connectivity index (χ1) is 7.29. The van der Waals surface area contributed by atoms with Crippen LogP contribution in [0.15, 0.2) is 12.7 Å². The molecule has 2 rings (SSSR count). The van der Waals surface area contributed by atoms with Crippen LogP contribution in [0.5, 0.6) is 0 Å². The Labute approximate surface area is 91.7 Å². The molecule has 0 aromatic heterocycles. The molecule has 0 aliphatic carbocycles. The van der Waals surface area contributed by atoms with E-state index in [1.165, 1.54) is 19.3 Å². The summed E-state index contributed by atoms with van der Waals surface area (Å²) in [5.74, 6) is 0. The van der Waals surface area contributed by atoms with Gasteiger partial charge < -0.3 is 5.11 Å². The van der Waals surface area contributed by atoms with Gasteiger partial charge in [-0.05, 0) is 25.7 Å². The lowest BCUT2D eigenvalue weighted by Gasteiger charge is -2.26. The summed E-state index contributed by atoms with van der Waals surface area (Å²) < 4.78 is 0. The van der Waals surface area contributed by atoms with Gasteiger partial charge in [-0.15, -0.1) is 6.58 Å². The highest BCUT2D eigenvalue weighted by Gasteiger charge is 2.35. The summed E-state index contributed by atoms with van der Waals surface area (Å²) in [4.78, 5) is 5.82. The van der Waals surface area contributed by atoms with Crippen LogP contribution in [0.4, 0.5) is 0 Å². The number of hydroxylamine groups is 2. The highest BCUT2D eigenvalue weighted by Crippen LogP contribution is 2.31. The van der Waals surface area contributed by atoms with Crippen LogP contribution >= 0.6 is 0 Å². The number of fused-ring (bicyclic) bond motifs is 1. The van der Waals surface area contributed by atoms with Crippen LogP contribution in [0.1, 0.15) is 38.5 Å². The molecule has 0 bridgehead atoms. The molecule has 2 aliphatic rings. The summed E-state index contributed by atoms with van der Waals surface area (Å²) >= 11 is 0. The van der Waals surface area contributed by atoms with E-state index in [1.54, 1.807) is 6.08 Å². The molecule has 2 saturated heterocycles. The quantitative estimate of drug-likeness (QED) is 0.721. The molecule has 3 nitrogen and oxygen atoms in total. The average molecular weight is 211 g/mol. The molecule has 2 aliphatic heterocycles. The van der Waals surface area contributed by atoms with Gasteiger partial charge in [-0.1, -0.05) is 12.5 Å². The number of aliphatic hydroxyl groups is 1. The number of piperidine rings is 1. The zero-order chi connectivity index (χ0) is 10.7. The van der Waals surface area contributed by atoms with Crippen molar-refractivity contribution in [3.05, 3.63) is 12.7 Å². The van der Waals surface area contributed by atoms with Crippen molar-refractivity contribution in [1.82, 2.24) is 5.06 Å². The lowest BCUT2D eigenvalue weighted by atomic mass is 9.98. The second-order valence-corrected chi connectivity index (χ2v) is 4.67. The first-order valence-electron chi connectivity index (χ1n) is 6.02. The van der Waals surface area contributed by atoms with Gasteiger partial charge in [0.25, 0.3) is 0 Å². The normalized spacial score (nSPS) is 33.7. The van der Waals surface area contributed by atoms with Crippen molar-refractivity contribution >= 4 is 0 Å². The van der Waals surface area contributed by atoms with Crippen LogP contribution in [0.25, 0.3) is 0 Å². The molecule has 86 valence electrons. The van der Waals surface area contributed by atoms with Crippen LogP contribution in [-0.2, 0) is 4.84 Å². The molecule has 0 aromatic carbocycles. The molecule has 1 N–H and O–H groups in total. The van der Waals surface area contributed by atoms with Gasteiger partial charge in [0.2, 0.25) is 0 Å². The first kappa shape index (κ1) is 11.1. The fourth-order valence-corrected chi connectivity index (χ4v) is 2.62. The third-order valence-electron chi connectivity index (χ3n) is 3.37. The Kier molecular flexibility index (Phi) is 3.78. The van der Waals surface area contributed by atoms with Crippen molar-refractivity contribution in [2.75, 3.05) is 6.54 Å².